The smallest absolute Gasteiger partial charge is 0.227 e. The van der Waals surface area contributed by atoms with Gasteiger partial charge in [-0.3, -0.25) is 0 Å². The predicted molar refractivity (Wildman–Crippen MR) is 194 cm³/mol. The molecule has 228 valence electrons. The van der Waals surface area contributed by atoms with Crippen molar-refractivity contribution in [2.75, 3.05) is 0 Å². The lowest BCUT2D eigenvalue weighted by molar-refractivity contribution is 0.617. The molecule has 0 unspecified atom stereocenters. The molecule has 0 saturated heterocycles. The standard InChI is InChI=1S/C45H26N2O2/c1-4-14-35-31(11-1)32-12-2-5-15-36(32)45(35)37-16-6-3-13-33(37)34-22-21-27(26-38(34)45)28-23-29(43-46-39-17-7-9-19-41(39)48-43)25-30(24-28)44-47-40-18-8-10-20-42(40)49-44/h1-26H/i7D,8D,9D,10D,17D,18D,19D,20D. The van der Waals surface area contributed by atoms with Crippen molar-refractivity contribution in [3.05, 3.63) is 180 Å². The van der Waals surface area contributed by atoms with Gasteiger partial charge in [-0.1, -0.05) is 109 Å². The first-order chi connectivity index (χ1) is 27.6. The lowest BCUT2D eigenvalue weighted by Crippen LogP contribution is -2.25. The zero-order chi connectivity index (χ0) is 39.1. The molecule has 2 aliphatic rings. The van der Waals surface area contributed by atoms with E-state index in [4.69, 9.17) is 19.8 Å². The number of oxazole rings is 2. The first kappa shape index (κ1) is 20.0. The Labute approximate surface area is 293 Å². The molecule has 2 aliphatic carbocycles. The van der Waals surface area contributed by atoms with Crippen LogP contribution in [-0.2, 0) is 5.41 Å². The quantitative estimate of drug-likeness (QED) is 0.194. The summed E-state index contributed by atoms with van der Waals surface area (Å²) in [6.45, 7) is 0. The predicted octanol–water partition coefficient (Wildman–Crippen LogP) is 11.3. The number of aromatic nitrogens is 2. The Morgan fingerprint density at radius 3 is 1.41 bits per heavy atom. The molecule has 0 fully saturated rings. The third kappa shape index (κ3) is 3.63. The van der Waals surface area contributed by atoms with Gasteiger partial charge in [-0.15, -0.1) is 0 Å². The average Bonchev–Trinajstić information content (AvgIpc) is 4.03. The van der Waals surface area contributed by atoms with Crippen molar-refractivity contribution in [1.29, 1.82) is 0 Å². The van der Waals surface area contributed by atoms with Crippen LogP contribution in [0, 0.1) is 0 Å². The van der Waals surface area contributed by atoms with Crippen molar-refractivity contribution < 1.29 is 19.8 Å². The summed E-state index contributed by atoms with van der Waals surface area (Å²) >= 11 is 0. The molecule has 1 spiro atoms. The molecular weight excluding hydrogens is 601 g/mol. The van der Waals surface area contributed by atoms with Gasteiger partial charge in [0, 0.05) is 11.1 Å². The number of para-hydroxylation sites is 4. The third-order valence-corrected chi connectivity index (χ3v) is 9.85. The van der Waals surface area contributed by atoms with E-state index < -0.39 is 29.6 Å². The fourth-order valence-electron chi connectivity index (χ4n) is 7.90. The van der Waals surface area contributed by atoms with Crippen LogP contribution in [0.3, 0.4) is 0 Å². The molecule has 11 rings (SSSR count). The molecule has 2 heterocycles. The monoisotopic (exact) mass is 634 g/mol. The van der Waals surface area contributed by atoms with Crippen LogP contribution in [0.1, 0.15) is 33.2 Å². The van der Waals surface area contributed by atoms with Crippen LogP contribution in [0.5, 0.6) is 0 Å². The van der Waals surface area contributed by atoms with E-state index in [1.54, 1.807) is 6.07 Å². The van der Waals surface area contributed by atoms with Crippen LogP contribution in [0.25, 0.3) is 78.5 Å². The van der Waals surface area contributed by atoms with Crippen LogP contribution in [0.4, 0.5) is 0 Å². The number of benzene rings is 7. The van der Waals surface area contributed by atoms with Gasteiger partial charge in [-0.2, -0.15) is 0 Å². The molecule has 0 saturated carbocycles. The first-order valence-corrected chi connectivity index (χ1v) is 15.9. The Kier molecular flexibility index (Phi) is 3.98. The highest BCUT2D eigenvalue weighted by atomic mass is 16.4. The Morgan fingerprint density at radius 1 is 0.429 bits per heavy atom. The second kappa shape index (κ2) is 9.75. The van der Waals surface area contributed by atoms with E-state index >= 15 is 0 Å². The van der Waals surface area contributed by atoms with Gasteiger partial charge < -0.3 is 8.83 Å². The van der Waals surface area contributed by atoms with Crippen molar-refractivity contribution in [3.8, 4) is 56.3 Å². The largest absolute Gasteiger partial charge is 0.436 e. The molecule has 0 atom stereocenters. The number of nitrogens with zero attached hydrogens (tertiary/aromatic N) is 2. The SMILES string of the molecule is [2H]c1c([2H])c([2H])c2oc(-c3cc(-c4ccc5c(c4)C4(c6ccccc6-c6ccccc64)c4ccccc4-5)cc(-c4nc5c([2H])c([2H])c([2H])c([2H])c5o4)c3)nc2c1[2H]. The normalized spacial score (nSPS) is 15.8. The molecule has 2 aromatic heterocycles. The van der Waals surface area contributed by atoms with E-state index in [0.717, 1.165) is 22.3 Å². The van der Waals surface area contributed by atoms with E-state index in [-0.39, 0.29) is 58.2 Å². The minimum absolute atomic E-state index is 0.00994. The zero-order valence-corrected chi connectivity index (χ0v) is 25.6. The molecule has 7 aromatic carbocycles. The average molecular weight is 635 g/mol. The van der Waals surface area contributed by atoms with Gasteiger partial charge in [0.2, 0.25) is 11.8 Å². The third-order valence-electron chi connectivity index (χ3n) is 9.85. The molecule has 4 nitrogen and oxygen atoms in total. The van der Waals surface area contributed by atoms with E-state index in [0.29, 0.717) is 16.7 Å². The van der Waals surface area contributed by atoms with Crippen molar-refractivity contribution in [3.63, 3.8) is 0 Å². The first-order valence-electron chi connectivity index (χ1n) is 19.9. The second-order valence-corrected chi connectivity index (χ2v) is 12.3. The number of hydrogen-bond acceptors (Lipinski definition) is 4. The summed E-state index contributed by atoms with van der Waals surface area (Å²) in [5.41, 5.74) is 10.9. The van der Waals surface area contributed by atoms with Crippen molar-refractivity contribution >= 4 is 22.2 Å². The highest BCUT2D eigenvalue weighted by Crippen LogP contribution is 2.63. The number of fused-ring (bicyclic) bond motifs is 12. The highest BCUT2D eigenvalue weighted by Gasteiger charge is 2.51. The summed E-state index contributed by atoms with van der Waals surface area (Å²) in [6.07, 6.45) is 0. The topological polar surface area (TPSA) is 52.1 Å². The summed E-state index contributed by atoms with van der Waals surface area (Å²) in [5.74, 6) is 0.0910. The molecule has 0 N–H and O–H groups in total. The fourth-order valence-corrected chi connectivity index (χ4v) is 7.90. The Hall–Kier alpha value is -6.52. The van der Waals surface area contributed by atoms with Gasteiger partial charge in [0.05, 0.1) is 16.4 Å². The van der Waals surface area contributed by atoms with E-state index in [1.165, 1.54) is 27.8 Å². The molecule has 4 heteroatoms. The van der Waals surface area contributed by atoms with Crippen molar-refractivity contribution in [2.45, 2.75) is 5.41 Å². The van der Waals surface area contributed by atoms with E-state index in [2.05, 4.69) is 94.9 Å². The molecule has 9 aromatic rings. The van der Waals surface area contributed by atoms with Crippen LogP contribution < -0.4 is 0 Å². The summed E-state index contributed by atoms with van der Waals surface area (Å²) in [7, 11) is 0. The Balaban J connectivity index is 1.18. The zero-order valence-electron chi connectivity index (χ0n) is 33.6. The van der Waals surface area contributed by atoms with Crippen LogP contribution >= 0.6 is 0 Å². The highest BCUT2D eigenvalue weighted by molar-refractivity contribution is 5.96. The van der Waals surface area contributed by atoms with Gasteiger partial charge in [0.1, 0.15) is 11.0 Å². The van der Waals surface area contributed by atoms with Crippen LogP contribution in [0.2, 0.25) is 0 Å². The van der Waals surface area contributed by atoms with Gasteiger partial charge in [-0.25, -0.2) is 9.97 Å². The molecule has 49 heavy (non-hydrogen) atoms. The van der Waals surface area contributed by atoms with Gasteiger partial charge in [0.25, 0.3) is 0 Å². The minimum Gasteiger partial charge on any atom is -0.436 e. The lowest BCUT2D eigenvalue weighted by Gasteiger charge is -2.30. The minimum atomic E-state index is -0.593. The molecular formula is C45H26N2O2. The number of hydrogen-bond donors (Lipinski definition) is 0. The van der Waals surface area contributed by atoms with Crippen molar-refractivity contribution in [2.24, 2.45) is 0 Å². The summed E-state index contributed by atoms with van der Waals surface area (Å²) in [4.78, 5) is 9.13. The van der Waals surface area contributed by atoms with Gasteiger partial charge >= 0.3 is 0 Å². The Morgan fingerprint density at radius 2 is 0.878 bits per heavy atom. The van der Waals surface area contributed by atoms with Gasteiger partial charge in [0.15, 0.2) is 11.2 Å². The maximum Gasteiger partial charge on any atom is 0.227 e. The summed E-state index contributed by atoms with van der Waals surface area (Å²) < 4.78 is 79.0. The second-order valence-electron chi connectivity index (χ2n) is 12.3. The van der Waals surface area contributed by atoms with Crippen LogP contribution in [-0.4, -0.2) is 9.97 Å². The van der Waals surface area contributed by atoms with Crippen molar-refractivity contribution in [1.82, 2.24) is 9.97 Å². The lowest BCUT2D eigenvalue weighted by atomic mass is 9.70. The maximum absolute atomic E-state index is 8.50. The van der Waals surface area contributed by atoms with E-state index in [9.17, 15) is 0 Å². The van der Waals surface area contributed by atoms with Gasteiger partial charge in [-0.05, 0) is 104 Å². The number of rotatable bonds is 3. The maximum atomic E-state index is 8.50. The summed E-state index contributed by atoms with van der Waals surface area (Å²) in [6, 6.07) is 34.4. The van der Waals surface area contributed by atoms with Crippen LogP contribution in [0.15, 0.2) is 166 Å². The Bertz CT molecular complexity index is 2990. The molecule has 0 radical (unpaired) electrons. The fraction of sp³-hybridized carbons (Fsp3) is 0.0222. The molecule has 0 amide bonds. The van der Waals surface area contributed by atoms with E-state index in [1.807, 2.05) is 18.2 Å². The summed E-state index contributed by atoms with van der Waals surface area (Å²) in [5, 5.41) is 0. The molecule has 0 aliphatic heterocycles. The molecule has 0 bridgehead atoms.